The smallest absolute Gasteiger partial charge is 0.264 e. The summed E-state index contributed by atoms with van der Waals surface area (Å²) >= 11 is 0. The summed E-state index contributed by atoms with van der Waals surface area (Å²) in [7, 11) is 0. The third-order valence-electron chi connectivity index (χ3n) is 9.13. The first-order valence-corrected chi connectivity index (χ1v) is 14.7. The molecule has 1 N–H and O–H groups in total. The maximum Gasteiger partial charge on any atom is 0.264 e. The van der Waals surface area contributed by atoms with Gasteiger partial charge in [0.15, 0.2) is 5.60 Å². The van der Waals surface area contributed by atoms with Gasteiger partial charge in [0, 0.05) is 74.6 Å². The van der Waals surface area contributed by atoms with Gasteiger partial charge in [0.25, 0.3) is 5.91 Å². The molecule has 3 saturated heterocycles. The lowest BCUT2D eigenvalue weighted by molar-refractivity contribution is -0.146. The van der Waals surface area contributed by atoms with Gasteiger partial charge in [-0.25, -0.2) is 0 Å². The molecule has 4 aliphatic heterocycles. The zero-order chi connectivity index (χ0) is 29.0. The van der Waals surface area contributed by atoms with Gasteiger partial charge in [-0.1, -0.05) is 24.3 Å². The Bertz CT molecular complexity index is 1550. The minimum atomic E-state index is -1.14. The molecule has 3 atom stereocenters. The number of hydrogen-bond acceptors (Lipinski definition) is 7. The van der Waals surface area contributed by atoms with Crippen LogP contribution >= 0.6 is 0 Å². The monoisotopic (exact) mass is 570 g/mol. The number of aliphatic hydroxyl groups excluding tert-OH is 1. The van der Waals surface area contributed by atoms with E-state index >= 15 is 0 Å². The average molecular weight is 571 g/mol. The number of ether oxygens (including phenoxy) is 1. The summed E-state index contributed by atoms with van der Waals surface area (Å²) < 4.78 is 8.52. The standard InChI is InChI=1S/C31H34N6O5/c1-20-16-25(8-12-34-19-22(11-15-38)32-33-34)42-31(20)26-17-24(36-14-10-29(36)40)6-7-27(26)37(30(31)41)18-21-2-4-23(5-3-21)35-13-9-28(35)39/h2-7,17,19-20,25,38H,8-16,18H2,1H3/t20-,25+,31+/m1/s1. The first-order valence-electron chi connectivity index (χ1n) is 14.7. The Morgan fingerprint density at radius 2 is 1.71 bits per heavy atom. The van der Waals surface area contributed by atoms with Crippen molar-refractivity contribution in [1.82, 2.24) is 15.0 Å². The Morgan fingerprint density at radius 1 is 1.00 bits per heavy atom. The molecule has 218 valence electrons. The zero-order valence-corrected chi connectivity index (χ0v) is 23.6. The number of amides is 3. The molecule has 11 nitrogen and oxygen atoms in total. The first kappa shape index (κ1) is 26.8. The van der Waals surface area contributed by atoms with Crippen LogP contribution in [0.4, 0.5) is 17.1 Å². The molecule has 0 unspecified atom stereocenters. The second-order valence-corrected chi connectivity index (χ2v) is 11.7. The topological polar surface area (TPSA) is 121 Å². The van der Waals surface area contributed by atoms with Crippen LogP contribution < -0.4 is 14.7 Å². The third-order valence-corrected chi connectivity index (χ3v) is 9.13. The predicted octanol–water partition coefficient (Wildman–Crippen LogP) is 2.54. The normalized spacial score (nSPS) is 24.9. The van der Waals surface area contributed by atoms with Gasteiger partial charge in [-0.05, 0) is 48.7 Å². The lowest BCUT2D eigenvalue weighted by Gasteiger charge is -2.32. The lowest BCUT2D eigenvalue weighted by atomic mass is 9.82. The Hall–Kier alpha value is -4.09. The summed E-state index contributed by atoms with van der Waals surface area (Å²) in [5, 5.41) is 17.4. The molecule has 1 spiro atoms. The number of anilines is 3. The van der Waals surface area contributed by atoms with E-state index in [0.717, 1.165) is 40.4 Å². The van der Waals surface area contributed by atoms with E-state index in [1.54, 1.807) is 19.4 Å². The highest BCUT2D eigenvalue weighted by Gasteiger charge is 2.60. The Morgan fingerprint density at radius 3 is 2.38 bits per heavy atom. The number of aryl methyl sites for hydroxylation is 1. The van der Waals surface area contributed by atoms with E-state index in [0.29, 0.717) is 51.7 Å². The van der Waals surface area contributed by atoms with Gasteiger partial charge in [0.05, 0.1) is 24.0 Å². The first-order chi connectivity index (χ1) is 20.4. The molecule has 0 radical (unpaired) electrons. The Balaban J connectivity index is 1.16. The van der Waals surface area contributed by atoms with E-state index in [4.69, 9.17) is 4.74 Å². The number of hydrogen-bond donors (Lipinski definition) is 1. The van der Waals surface area contributed by atoms with Crippen molar-refractivity contribution in [2.45, 2.75) is 63.8 Å². The molecule has 11 heteroatoms. The number of fused-ring (bicyclic) bond motifs is 2. The molecular formula is C31H34N6O5. The van der Waals surface area contributed by atoms with Crippen LogP contribution in [0.1, 0.15) is 49.4 Å². The molecule has 42 heavy (non-hydrogen) atoms. The van der Waals surface area contributed by atoms with Crippen LogP contribution in [0.25, 0.3) is 0 Å². The van der Waals surface area contributed by atoms with Crippen molar-refractivity contribution in [1.29, 1.82) is 0 Å². The molecule has 2 aromatic carbocycles. The van der Waals surface area contributed by atoms with Gasteiger partial charge in [0.2, 0.25) is 11.8 Å². The summed E-state index contributed by atoms with van der Waals surface area (Å²) in [6.07, 6.45) is 4.62. The molecular weight excluding hydrogens is 536 g/mol. The minimum absolute atomic E-state index is 0.0236. The van der Waals surface area contributed by atoms with Crippen LogP contribution in [-0.4, -0.2) is 63.6 Å². The molecule has 0 aliphatic carbocycles. The number of benzene rings is 2. The van der Waals surface area contributed by atoms with Gasteiger partial charge in [-0.2, -0.15) is 0 Å². The van der Waals surface area contributed by atoms with Crippen molar-refractivity contribution in [3.8, 4) is 0 Å². The molecule has 3 fully saturated rings. The van der Waals surface area contributed by atoms with Gasteiger partial charge < -0.3 is 24.5 Å². The summed E-state index contributed by atoms with van der Waals surface area (Å²) in [5.41, 5.74) is 3.83. The third kappa shape index (κ3) is 4.30. The Labute approximate surface area is 243 Å². The second kappa shape index (κ2) is 10.3. The summed E-state index contributed by atoms with van der Waals surface area (Å²) in [4.78, 5) is 43.9. The van der Waals surface area contributed by atoms with Crippen LogP contribution in [0.15, 0.2) is 48.7 Å². The van der Waals surface area contributed by atoms with Crippen molar-refractivity contribution in [3.05, 3.63) is 65.5 Å². The highest BCUT2D eigenvalue weighted by Crippen LogP contribution is 2.54. The molecule has 4 aliphatic rings. The van der Waals surface area contributed by atoms with E-state index < -0.39 is 5.60 Å². The summed E-state index contributed by atoms with van der Waals surface area (Å²) in [6.45, 7) is 4.46. The van der Waals surface area contributed by atoms with E-state index in [2.05, 4.69) is 17.2 Å². The minimum Gasteiger partial charge on any atom is -0.396 e. The van der Waals surface area contributed by atoms with Gasteiger partial charge in [0.1, 0.15) is 0 Å². The highest BCUT2D eigenvalue weighted by molar-refractivity contribution is 6.08. The zero-order valence-electron chi connectivity index (χ0n) is 23.6. The molecule has 1 aromatic heterocycles. The van der Waals surface area contributed by atoms with Crippen molar-refractivity contribution in [2.24, 2.45) is 5.92 Å². The van der Waals surface area contributed by atoms with Crippen molar-refractivity contribution in [3.63, 3.8) is 0 Å². The fourth-order valence-corrected chi connectivity index (χ4v) is 6.65. The van der Waals surface area contributed by atoms with Crippen molar-refractivity contribution in [2.75, 3.05) is 34.4 Å². The summed E-state index contributed by atoms with van der Waals surface area (Å²) in [6, 6.07) is 13.6. The lowest BCUT2D eigenvalue weighted by Crippen LogP contribution is -2.44. The second-order valence-electron chi connectivity index (χ2n) is 11.7. The quantitative estimate of drug-likeness (QED) is 0.393. The van der Waals surface area contributed by atoms with Crippen LogP contribution in [-0.2, 0) is 44.2 Å². The van der Waals surface area contributed by atoms with Crippen LogP contribution in [0.3, 0.4) is 0 Å². The Kier molecular flexibility index (Phi) is 6.58. The largest absolute Gasteiger partial charge is 0.396 e. The van der Waals surface area contributed by atoms with Gasteiger partial charge in [-0.15, -0.1) is 5.10 Å². The number of aliphatic hydroxyl groups is 1. The SMILES string of the molecule is C[C@@H]1C[C@H](CCn2cc(CCO)nn2)O[C@@]12C(=O)N(Cc1ccc(N3CCC3=O)cc1)c1ccc(N3CCC3=O)cc12. The van der Waals surface area contributed by atoms with E-state index in [9.17, 15) is 19.5 Å². The fraction of sp³-hybridized carbons (Fsp3) is 0.452. The van der Waals surface area contributed by atoms with E-state index in [1.165, 1.54) is 0 Å². The molecule has 0 bridgehead atoms. The van der Waals surface area contributed by atoms with Crippen LogP contribution in [0, 0.1) is 5.92 Å². The molecule has 3 amide bonds. The number of carbonyl (C=O) groups excluding carboxylic acids is 3. The average Bonchev–Trinajstić information content (AvgIpc) is 3.63. The molecule has 0 saturated carbocycles. The van der Waals surface area contributed by atoms with Gasteiger partial charge >= 0.3 is 0 Å². The number of β-lactam (4-membered cyclic amide) rings is 2. The summed E-state index contributed by atoms with van der Waals surface area (Å²) in [5.74, 6) is 0.0351. The van der Waals surface area contributed by atoms with E-state index in [-0.39, 0.29) is 36.4 Å². The number of aromatic nitrogens is 3. The van der Waals surface area contributed by atoms with Crippen LogP contribution in [0.5, 0.6) is 0 Å². The predicted molar refractivity (Wildman–Crippen MR) is 154 cm³/mol. The molecule has 5 heterocycles. The van der Waals surface area contributed by atoms with Crippen molar-refractivity contribution >= 4 is 34.8 Å². The van der Waals surface area contributed by atoms with Crippen molar-refractivity contribution < 1.29 is 24.2 Å². The van der Waals surface area contributed by atoms with Crippen LogP contribution in [0.2, 0.25) is 0 Å². The number of carbonyl (C=O) groups is 3. The fourth-order valence-electron chi connectivity index (χ4n) is 6.65. The number of rotatable bonds is 9. The highest BCUT2D eigenvalue weighted by atomic mass is 16.5. The number of nitrogens with zero attached hydrogens (tertiary/aromatic N) is 6. The molecule has 3 aromatic rings. The van der Waals surface area contributed by atoms with Gasteiger partial charge in [-0.3, -0.25) is 19.1 Å². The maximum absolute atomic E-state index is 14.4. The van der Waals surface area contributed by atoms with E-state index in [1.807, 2.05) is 48.7 Å². The molecule has 7 rings (SSSR count). The maximum atomic E-state index is 14.4.